The van der Waals surface area contributed by atoms with Crippen molar-refractivity contribution in [1.29, 1.82) is 0 Å². The van der Waals surface area contributed by atoms with Crippen LogP contribution in [0.1, 0.15) is 37.3 Å². The predicted molar refractivity (Wildman–Crippen MR) is 133 cm³/mol. The van der Waals surface area contributed by atoms with E-state index in [1.54, 1.807) is 14.2 Å². The Kier molecular flexibility index (Phi) is 8.52. The van der Waals surface area contributed by atoms with Gasteiger partial charge in [-0.2, -0.15) is 0 Å². The lowest BCUT2D eigenvalue weighted by Crippen LogP contribution is -2.44. The van der Waals surface area contributed by atoms with E-state index in [0.29, 0.717) is 57.3 Å². The Morgan fingerprint density at radius 3 is 2.57 bits per heavy atom. The Morgan fingerprint density at radius 1 is 1.09 bits per heavy atom. The van der Waals surface area contributed by atoms with Crippen LogP contribution in [0.4, 0.5) is 0 Å². The van der Waals surface area contributed by atoms with Gasteiger partial charge in [-0.3, -0.25) is 4.79 Å². The first-order valence-corrected chi connectivity index (χ1v) is 12.4. The molecule has 2 saturated heterocycles. The summed E-state index contributed by atoms with van der Waals surface area (Å²) in [5, 5.41) is 0. The molecule has 1 atom stereocenters. The summed E-state index contributed by atoms with van der Waals surface area (Å²) in [6.45, 7) is 5.95. The van der Waals surface area contributed by atoms with Gasteiger partial charge in [-0.25, -0.2) is 0 Å². The number of rotatable bonds is 12. The molecule has 0 saturated carbocycles. The highest BCUT2D eigenvalue weighted by atomic mass is 16.5. The maximum Gasteiger partial charge on any atom is 0.223 e. The molecule has 35 heavy (non-hydrogen) atoms. The third-order valence-electron chi connectivity index (χ3n) is 6.68. The molecule has 0 N–H and O–H groups in total. The van der Waals surface area contributed by atoms with Gasteiger partial charge >= 0.3 is 0 Å². The predicted octanol–water partition coefficient (Wildman–Crippen LogP) is 4.26. The number of methoxy groups -OCH3 is 2. The van der Waals surface area contributed by atoms with Crippen LogP contribution in [0.3, 0.4) is 0 Å². The summed E-state index contributed by atoms with van der Waals surface area (Å²) < 4.78 is 28.3. The van der Waals surface area contributed by atoms with E-state index >= 15 is 0 Å². The molecule has 2 aromatic carbocycles. The molecule has 2 heterocycles. The maximum absolute atomic E-state index is 13.4. The van der Waals surface area contributed by atoms with E-state index in [2.05, 4.69) is 6.92 Å². The van der Waals surface area contributed by atoms with Crippen LogP contribution in [-0.2, 0) is 27.2 Å². The van der Waals surface area contributed by atoms with Crippen molar-refractivity contribution in [2.24, 2.45) is 5.41 Å². The summed E-state index contributed by atoms with van der Waals surface area (Å²) >= 11 is 0. The molecule has 0 spiro atoms. The minimum atomic E-state index is 0.0291. The van der Waals surface area contributed by atoms with Crippen molar-refractivity contribution < 1.29 is 28.5 Å². The summed E-state index contributed by atoms with van der Waals surface area (Å²) in [6.07, 6.45) is 3.14. The van der Waals surface area contributed by atoms with Crippen molar-refractivity contribution in [3.63, 3.8) is 0 Å². The van der Waals surface area contributed by atoms with Crippen molar-refractivity contribution in [2.45, 2.75) is 45.3 Å². The number of para-hydroxylation sites is 1. The Morgan fingerprint density at radius 2 is 1.89 bits per heavy atom. The van der Waals surface area contributed by atoms with Crippen LogP contribution >= 0.6 is 0 Å². The zero-order valence-corrected chi connectivity index (χ0v) is 21.1. The zero-order valence-electron chi connectivity index (χ0n) is 21.1. The molecule has 7 nitrogen and oxygen atoms in total. The van der Waals surface area contributed by atoms with Crippen LogP contribution in [0.25, 0.3) is 0 Å². The van der Waals surface area contributed by atoms with Crippen molar-refractivity contribution in [3.8, 4) is 17.2 Å². The molecule has 2 aliphatic heterocycles. The average Bonchev–Trinajstić information content (AvgIpc) is 3.38. The fourth-order valence-electron chi connectivity index (χ4n) is 4.54. The third-order valence-corrected chi connectivity index (χ3v) is 6.68. The van der Waals surface area contributed by atoms with Gasteiger partial charge in [0.2, 0.25) is 5.91 Å². The van der Waals surface area contributed by atoms with Crippen LogP contribution < -0.4 is 14.2 Å². The molecule has 2 fully saturated rings. The van der Waals surface area contributed by atoms with Crippen LogP contribution in [0.15, 0.2) is 42.5 Å². The van der Waals surface area contributed by atoms with Crippen molar-refractivity contribution in [2.75, 3.05) is 47.2 Å². The summed E-state index contributed by atoms with van der Waals surface area (Å²) in [5.74, 6) is 2.29. The first-order valence-electron chi connectivity index (χ1n) is 12.4. The number of aryl methyl sites for hydroxylation is 1. The molecule has 2 aliphatic rings. The van der Waals surface area contributed by atoms with E-state index in [4.69, 9.17) is 23.7 Å². The Labute approximate surface area is 208 Å². The normalized spacial score (nSPS) is 18.5. The van der Waals surface area contributed by atoms with E-state index in [-0.39, 0.29) is 17.4 Å². The molecule has 190 valence electrons. The molecular weight excluding hydrogens is 446 g/mol. The Bertz CT molecular complexity index is 983. The van der Waals surface area contributed by atoms with E-state index in [1.807, 2.05) is 47.4 Å². The van der Waals surface area contributed by atoms with Crippen LogP contribution in [-0.4, -0.2) is 64.1 Å². The summed E-state index contributed by atoms with van der Waals surface area (Å²) in [7, 11) is 3.30. The quantitative estimate of drug-likeness (QED) is 0.450. The minimum absolute atomic E-state index is 0.0291. The highest BCUT2D eigenvalue weighted by Gasteiger charge is 2.34. The fourth-order valence-corrected chi connectivity index (χ4v) is 4.54. The van der Waals surface area contributed by atoms with Gasteiger partial charge in [0.25, 0.3) is 0 Å². The number of ether oxygens (including phenoxy) is 5. The number of carbonyl (C=O) groups excluding carboxylic acids is 1. The number of carbonyl (C=O) groups is 1. The van der Waals surface area contributed by atoms with Gasteiger partial charge in [0, 0.05) is 31.5 Å². The van der Waals surface area contributed by atoms with E-state index < -0.39 is 0 Å². The van der Waals surface area contributed by atoms with E-state index in [9.17, 15) is 4.79 Å². The molecule has 0 bridgehead atoms. The molecule has 1 unspecified atom stereocenters. The third kappa shape index (κ3) is 6.67. The maximum atomic E-state index is 13.4. The van der Waals surface area contributed by atoms with Gasteiger partial charge in [-0.15, -0.1) is 0 Å². The van der Waals surface area contributed by atoms with E-state index in [1.165, 1.54) is 0 Å². The van der Waals surface area contributed by atoms with Crippen LogP contribution in [0.5, 0.6) is 17.2 Å². The van der Waals surface area contributed by atoms with Gasteiger partial charge in [0.05, 0.1) is 40.1 Å². The summed E-state index contributed by atoms with van der Waals surface area (Å²) in [4.78, 5) is 15.3. The summed E-state index contributed by atoms with van der Waals surface area (Å²) in [5.41, 5.74) is 2.06. The number of amides is 1. The monoisotopic (exact) mass is 483 g/mol. The molecular formula is C28H37NO6. The Hall–Kier alpha value is -2.77. The number of nitrogens with zero attached hydrogens (tertiary/aromatic N) is 1. The average molecular weight is 484 g/mol. The van der Waals surface area contributed by atoms with Crippen molar-refractivity contribution in [3.05, 3.63) is 53.6 Å². The molecule has 0 radical (unpaired) electrons. The minimum Gasteiger partial charge on any atom is -0.496 e. The molecule has 4 rings (SSSR count). The standard InChI is InChI=1S/C28H37NO6/c1-28(18-33-19-28)20-35-26-15-21(10-12-25(26)32-3)16-29(17-23-8-6-14-34-23)27(30)13-11-22-7-4-5-9-24(22)31-2/h4-5,7,9-10,12,15,23H,6,8,11,13-14,16-20H2,1-3H3. The highest BCUT2D eigenvalue weighted by molar-refractivity contribution is 5.76. The SMILES string of the molecule is COc1ccccc1CCC(=O)N(Cc1ccc(OC)c(OCC2(C)COC2)c1)CC1CCCO1. The lowest BCUT2D eigenvalue weighted by atomic mass is 9.90. The number of benzene rings is 2. The molecule has 7 heteroatoms. The Balaban J connectivity index is 1.46. The fraction of sp³-hybridized carbons (Fsp3) is 0.536. The molecule has 1 amide bonds. The lowest BCUT2D eigenvalue weighted by Gasteiger charge is -2.37. The second-order valence-electron chi connectivity index (χ2n) is 9.80. The topological polar surface area (TPSA) is 66.5 Å². The molecule has 0 aliphatic carbocycles. The zero-order chi connectivity index (χ0) is 24.7. The second-order valence-corrected chi connectivity index (χ2v) is 9.80. The second kappa shape index (κ2) is 11.8. The highest BCUT2D eigenvalue weighted by Crippen LogP contribution is 2.33. The van der Waals surface area contributed by atoms with Gasteiger partial charge < -0.3 is 28.6 Å². The van der Waals surface area contributed by atoms with Gasteiger partial charge in [-0.1, -0.05) is 31.2 Å². The van der Waals surface area contributed by atoms with Crippen molar-refractivity contribution >= 4 is 5.91 Å². The largest absolute Gasteiger partial charge is 0.496 e. The lowest BCUT2D eigenvalue weighted by molar-refractivity contribution is -0.133. The first-order chi connectivity index (χ1) is 17.0. The first kappa shape index (κ1) is 25.3. The van der Waals surface area contributed by atoms with Crippen LogP contribution in [0.2, 0.25) is 0 Å². The van der Waals surface area contributed by atoms with Gasteiger partial charge in [-0.05, 0) is 48.6 Å². The summed E-state index contributed by atoms with van der Waals surface area (Å²) in [6, 6.07) is 13.7. The number of hydrogen-bond acceptors (Lipinski definition) is 6. The number of hydrogen-bond donors (Lipinski definition) is 0. The van der Waals surface area contributed by atoms with Gasteiger partial charge in [0.1, 0.15) is 5.75 Å². The molecule has 2 aromatic rings. The van der Waals surface area contributed by atoms with Crippen LogP contribution in [0, 0.1) is 5.41 Å². The molecule has 0 aromatic heterocycles. The smallest absolute Gasteiger partial charge is 0.223 e. The van der Waals surface area contributed by atoms with E-state index in [0.717, 1.165) is 36.3 Å². The van der Waals surface area contributed by atoms with Crippen molar-refractivity contribution in [1.82, 2.24) is 4.90 Å². The van der Waals surface area contributed by atoms with Gasteiger partial charge in [0.15, 0.2) is 11.5 Å².